The van der Waals surface area contributed by atoms with E-state index in [1.807, 2.05) is 23.7 Å². The Morgan fingerprint density at radius 2 is 2.12 bits per heavy atom. The van der Waals surface area contributed by atoms with Crippen LogP contribution in [0.4, 0.5) is 0 Å². The zero-order chi connectivity index (χ0) is 12.4. The van der Waals surface area contributed by atoms with Gasteiger partial charge in [0.05, 0.1) is 17.1 Å². The molecular weight excluding hydrogens is 212 g/mol. The first kappa shape index (κ1) is 11.8. The Kier molecular flexibility index (Phi) is 3.24. The van der Waals surface area contributed by atoms with Crippen molar-refractivity contribution in [2.75, 3.05) is 0 Å². The molecule has 0 aliphatic carbocycles. The van der Waals surface area contributed by atoms with Crippen molar-refractivity contribution in [2.45, 2.75) is 33.7 Å². The van der Waals surface area contributed by atoms with Crippen molar-refractivity contribution in [3.8, 4) is 5.69 Å². The summed E-state index contributed by atoms with van der Waals surface area (Å²) < 4.78 is 1.95. The quantitative estimate of drug-likeness (QED) is 0.876. The minimum atomic E-state index is 0.427. The van der Waals surface area contributed by atoms with Gasteiger partial charge >= 0.3 is 0 Å². The fourth-order valence-electron chi connectivity index (χ4n) is 2.20. The molecule has 0 bridgehead atoms. The first-order valence-corrected chi connectivity index (χ1v) is 5.88. The number of pyridine rings is 1. The van der Waals surface area contributed by atoms with Crippen molar-refractivity contribution in [3.05, 3.63) is 41.0 Å². The van der Waals surface area contributed by atoms with Crippen LogP contribution < -0.4 is 5.73 Å². The largest absolute Gasteiger partial charge is 0.325 e. The second-order valence-corrected chi connectivity index (χ2v) is 4.09. The van der Waals surface area contributed by atoms with E-state index in [0.717, 1.165) is 23.5 Å². The second-order valence-electron chi connectivity index (χ2n) is 4.09. The molecule has 2 aromatic heterocycles. The maximum Gasteiger partial charge on any atom is 0.0877 e. The molecule has 0 aliphatic rings. The lowest BCUT2D eigenvalue weighted by atomic mass is 10.1. The lowest BCUT2D eigenvalue weighted by molar-refractivity contribution is 0.803. The van der Waals surface area contributed by atoms with Crippen molar-refractivity contribution >= 4 is 0 Å². The van der Waals surface area contributed by atoms with Crippen LogP contribution in [-0.4, -0.2) is 14.8 Å². The fourth-order valence-corrected chi connectivity index (χ4v) is 2.20. The summed E-state index contributed by atoms with van der Waals surface area (Å²) >= 11 is 0. The summed E-state index contributed by atoms with van der Waals surface area (Å²) in [4.78, 5) is 4.29. The zero-order valence-electron chi connectivity index (χ0n) is 10.6. The van der Waals surface area contributed by atoms with E-state index in [-0.39, 0.29) is 0 Å². The average Bonchev–Trinajstić information content (AvgIpc) is 2.64. The van der Waals surface area contributed by atoms with Gasteiger partial charge < -0.3 is 5.73 Å². The van der Waals surface area contributed by atoms with E-state index in [1.54, 1.807) is 6.20 Å². The molecule has 0 aliphatic heterocycles. The molecule has 0 amide bonds. The summed E-state index contributed by atoms with van der Waals surface area (Å²) in [5.41, 5.74) is 11.1. The van der Waals surface area contributed by atoms with Gasteiger partial charge in [0.2, 0.25) is 0 Å². The molecule has 0 spiro atoms. The molecule has 0 aromatic carbocycles. The second kappa shape index (κ2) is 4.67. The molecular formula is C13H18N4. The molecule has 0 saturated carbocycles. The molecule has 0 fully saturated rings. The summed E-state index contributed by atoms with van der Waals surface area (Å²) in [5.74, 6) is 0. The molecule has 2 aromatic rings. The molecule has 0 unspecified atom stereocenters. The number of aryl methyl sites for hydroxylation is 1. The molecule has 4 heteroatoms. The van der Waals surface area contributed by atoms with E-state index in [9.17, 15) is 0 Å². The van der Waals surface area contributed by atoms with Gasteiger partial charge in [-0.3, -0.25) is 4.98 Å². The number of hydrogen-bond donors (Lipinski definition) is 1. The SMILES string of the molecule is CCc1c(C)nn(-c2cccnc2CN)c1C. The van der Waals surface area contributed by atoms with Crippen molar-refractivity contribution in [1.29, 1.82) is 0 Å². The third-order valence-corrected chi connectivity index (χ3v) is 3.08. The highest BCUT2D eigenvalue weighted by molar-refractivity contribution is 5.40. The molecule has 4 nitrogen and oxygen atoms in total. The Bertz CT molecular complexity index is 528. The van der Waals surface area contributed by atoms with Gasteiger partial charge in [0, 0.05) is 18.4 Å². The third kappa shape index (κ3) is 1.96. The lowest BCUT2D eigenvalue weighted by Gasteiger charge is -2.08. The Labute approximate surface area is 101 Å². The van der Waals surface area contributed by atoms with E-state index >= 15 is 0 Å². The number of hydrogen-bond acceptors (Lipinski definition) is 3. The normalized spacial score (nSPS) is 10.8. The van der Waals surface area contributed by atoms with Gasteiger partial charge in [0.1, 0.15) is 0 Å². The van der Waals surface area contributed by atoms with Crippen LogP contribution in [0, 0.1) is 13.8 Å². The standard InChI is InChI=1S/C13H18N4/c1-4-11-9(2)16-17(10(11)3)13-6-5-7-15-12(13)8-14/h5-7H,4,8,14H2,1-3H3. The van der Waals surface area contributed by atoms with Gasteiger partial charge in [-0.25, -0.2) is 4.68 Å². The van der Waals surface area contributed by atoms with Crippen LogP contribution in [0.3, 0.4) is 0 Å². The maximum absolute atomic E-state index is 5.71. The number of rotatable bonds is 3. The highest BCUT2D eigenvalue weighted by Gasteiger charge is 2.13. The van der Waals surface area contributed by atoms with Gasteiger partial charge in [-0.1, -0.05) is 6.92 Å². The van der Waals surface area contributed by atoms with Crippen LogP contribution in [0.2, 0.25) is 0 Å². The smallest absolute Gasteiger partial charge is 0.0877 e. The van der Waals surface area contributed by atoms with Crippen LogP contribution in [0.15, 0.2) is 18.3 Å². The minimum absolute atomic E-state index is 0.427. The van der Waals surface area contributed by atoms with Crippen LogP contribution in [0.1, 0.15) is 29.6 Å². The molecule has 0 saturated heterocycles. The summed E-state index contributed by atoms with van der Waals surface area (Å²) in [6.07, 6.45) is 2.76. The monoisotopic (exact) mass is 230 g/mol. The summed E-state index contributed by atoms with van der Waals surface area (Å²) in [5, 5.41) is 4.58. The van der Waals surface area contributed by atoms with Crippen LogP contribution in [-0.2, 0) is 13.0 Å². The van der Waals surface area contributed by atoms with E-state index in [1.165, 1.54) is 11.3 Å². The zero-order valence-corrected chi connectivity index (χ0v) is 10.6. The summed E-state index contributed by atoms with van der Waals surface area (Å²) in [7, 11) is 0. The molecule has 2 heterocycles. The van der Waals surface area contributed by atoms with E-state index in [0.29, 0.717) is 6.54 Å². The molecule has 0 atom stereocenters. The minimum Gasteiger partial charge on any atom is -0.325 e. The Hall–Kier alpha value is -1.68. The van der Waals surface area contributed by atoms with E-state index < -0.39 is 0 Å². The lowest BCUT2D eigenvalue weighted by Crippen LogP contribution is -2.09. The van der Waals surface area contributed by atoms with Crippen LogP contribution in [0.25, 0.3) is 5.69 Å². The maximum atomic E-state index is 5.71. The molecule has 90 valence electrons. The highest BCUT2D eigenvalue weighted by atomic mass is 15.3. The van der Waals surface area contributed by atoms with E-state index in [2.05, 4.69) is 23.9 Å². The Balaban J connectivity index is 2.61. The summed E-state index contributed by atoms with van der Waals surface area (Å²) in [6.45, 7) is 6.71. The van der Waals surface area contributed by atoms with Gasteiger partial charge in [0.15, 0.2) is 0 Å². The molecule has 2 N–H and O–H groups in total. The number of nitrogens with zero attached hydrogens (tertiary/aromatic N) is 3. The van der Waals surface area contributed by atoms with Crippen molar-refractivity contribution in [2.24, 2.45) is 5.73 Å². The molecule has 0 radical (unpaired) electrons. The fraction of sp³-hybridized carbons (Fsp3) is 0.385. The Morgan fingerprint density at radius 3 is 2.71 bits per heavy atom. The van der Waals surface area contributed by atoms with Gasteiger partial charge in [0.25, 0.3) is 0 Å². The molecule has 2 rings (SSSR count). The summed E-state index contributed by atoms with van der Waals surface area (Å²) in [6, 6.07) is 3.92. The van der Waals surface area contributed by atoms with Crippen LogP contribution >= 0.6 is 0 Å². The van der Waals surface area contributed by atoms with Crippen molar-refractivity contribution < 1.29 is 0 Å². The number of aromatic nitrogens is 3. The van der Waals surface area contributed by atoms with Gasteiger partial charge in [-0.05, 0) is 38.0 Å². The first-order chi connectivity index (χ1) is 8.19. The third-order valence-electron chi connectivity index (χ3n) is 3.08. The van der Waals surface area contributed by atoms with Crippen molar-refractivity contribution in [1.82, 2.24) is 14.8 Å². The Morgan fingerprint density at radius 1 is 1.35 bits per heavy atom. The van der Waals surface area contributed by atoms with E-state index in [4.69, 9.17) is 5.73 Å². The number of nitrogens with two attached hydrogens (primary N) is 1. The molecule has 17 heavy (non-hydrogen) atoms. The predicted molar refractivity (Wildman–Crippen MR) is 68.1 cm³/mol. The highest BCUT2D eigenvalue weighted by Crippen LogP contribution is 2.19. The van der Waals surface area contributed by atoms with Crippen molar-refractivity contribution in [3.63, 3.8) is 0 Å². The predicted octanol–water partition coefficient (Wildman–Crippen LogP) is 1.91. The average molecular weight is 230 g/mol. The van der Waals surface area contributed by atoms with Crippen LogP contribution in [0.5, 0.6) is 0 Å². The van der Waals surface area contributed by atoms with Gasteiger partial charge in [-0.2, -0.15) is 5.10 Å². The van der Waals surface area contributed by atoms with Gasteiger partial charge in [-0.15, -0.1) is 0 Å². The first-order valence-electron chi connectivity index (χ1n) is 5.88. The topological polar surface area (TPSA) is 56.7 Å².